The molecule has 1 saturated heterocycles. The van der Waals surface area contributed by atoms with Gasteiger partial charge in [0, 0.05) is 25.7 Å². The minimum Gasteiger partial charge on any atom is -0.439 e. The van der Waals surface area contributed by atoms with Crippen molar-refractivity contribution in [1.82, 2.24) is 0 Å². The molecule has 0 aromatic rings. The zero-order valence-electron chi connectivity index (χ0n) is 14.1. The van der Waals surface area contributed by atoms with E-state index in [1.165, 1.54) is 95.9 Å². The van der Waals surface area contributed by atoms with Gasteiger partial charge in [0.2, 0.25) is 0 Å². The summed E-state index contributed by atoms with van der Waals surface area (Å²) in [6.07, 6.45) is 20.0. The third-order valence-electron chi connectivity index (χ3n) is 4.43. The van der Waals surface area contributed by atoms with E-state index in [1.54, 1.807) is 0 Å². The SMILES string of the molecule is CCCCCCCCCCCCCCCC[Si]1(O)[Si][Si][Si]1. The van der Waals surface area contributed by atoms with Crippen LogP contribution in [0.5, 0.6) is 0 Å². The fraction of sp³-hybridized carbons (Fsp3) is 1.00. The normalized spacial score (nSPS) is 16.9. The van der Waals surface area contributed by atoms with Gasteiger partial charge in [0.15, 0.2) is 0 Å². The van der Waals surface area contributed by atoms with Crippen molar-refractivity contribution < 1.29 is 4.80 Å². The summed E-state index contributed by atoms with van der Waals surface area (Å²) in [4.78, 5) is 10.2. The van der Waals surface area contributed by atoms with Crippen LogP contribution in [0.2, 0.25) is 6.04 Å². The Bertz CT molecular complexity index is 234. The molecule has 1 heterocycles. The molecule has 0 saturated carbocycles. The monoisotopic (exact) mass is 354 g/mol. The number of rotatable bonds is 15. The highest BCUT2D eigenvalue weighted by molar-refractivity contribution is 7.85. The number of hydrogen-bond acceptors (Lipinski definition) is 1. The van der Waals surface area contributed by atoms with Crippen molar-refractivity contribution in [2.24, 2.45) is 0 Å². The molecule has 0 aromatic carbocycles. The maximum atomic E-state index is 10.2. The Hall–Kier alpha value is 0.828. The van der Waals surface area contributed by atoms with E-state index in [1.807, 2.05) is 0 Å². The average Bonchev–Trinajstić information content (AvgIpc) is 2.46. The highest BCUT2D eigenvalue weighted by Crippen LogP contribution is 2.16. The molecule has 5 heteroatoms. The van der Waals surface area contributed by atoms with E-state index in [-0.39, 0.29) is 0 Å². The van der Waals surface area contributed by atoms with Crippen LogP contribution in [0.25, 0.3) is 0 Å². The molecule has 1 N–H and O–H groups in total. The minimum absolute atomic E-state index is 1.01. The highest BCUT2D eigenvalue weighted by Gasteiger charge is 2.38. The molecule has 1 aliphatic heterocycles. The van der Waals surface area contributed by atoms with Gasteiger partial charge in [0.1, 0.15) is 7.35 Å². The van der Waals surface area contributed by atoms with Gasteiger partial charge in [-0.2, -0.15) is 0 Å². The molecule has 0 aliphatic carbocycles. The lowest BCUT2D eigenvalue weighted by atomic mass is 10.0. The standard InChI is InChI=1S/C16H34OSi4/c1-2-3-4-5-6-7-8-9-10-11-12-13-14-15-16-21(17)19-18-20-21/h17H,2-16H2,1H3. The fourth-order valence-electron chi connectivity index (χ4n) is 2.91. The predicted octanol–water partition coefficient (Wildman–Crippen LogP) is 4.36. The summed E-state index contributed by atoms with van der Waals surface area (Å²) in [5, 5.41) is 0. The first kappa shape index (κ1) is 19.9. The van der Waals surface area contributed by atoms with Crippen molar-refractivity contribution in [2.75, 3.05) is 0 Å². The molecule has 120 valence electrons. The van der Waals surface area contributed by atoms with Crippen LogP contribution >= 0.6 is 0 Å². The molecule has 0 spiro atoms. The lowest BCUT2D eigenvalue weighted by molar-refractivity contribution is 0.534. The van der Waals surface area contributed by atoms with Crippen LogP contribution in [0.3, 0.4) is 0 Å². The Morgan fingerprint density at radius 2 is 1.00 bits per heavy atom. The summed E-state index contributed by atoms with van der Waals surface area (Å²) < 4.78 is 0. The van der Waals surface area contributed by atoms with Gasteiger partial charge < -0.3 is 4.80 Å². The van der Waals surface area contributed by atoms with Crippen LogP contribution in [-0.2, 0) is 0 Å². The van der Waals surface area contributed by atoms with Crippen LogP contribution < -0.4 is 0 Å². The highest BCUT2D eigenvalue weighted by atomic mass is 30.1. The first-order valence-electron chi connectivity index (χ1n) is 9.28. The molecule has 0 atom stereocenters. The summed E-state index contributed by atoms with van der Waals surface area (Å²) in [6.45, 7) is 2.29. The van der Waals surface area contributed by atoms with Gasteiger partial charge >= 0.3 is 0 Å². The smallest absolute Gasteiger partial charge is 0.146 e. The zero-order valence-corrected chi connectivity index (χ0v) is 18.1. The van der Waals surface area contributed by atoms with E-state index in [4.69, 9.17) is 0 Å². The van der Waals surface area contributed by atoms with Crippen molar-refractivity contribution in [1.29, 1.82) is 0 Å². The first-order valence-corrected chi connectivity index (χ1v) is 18.4. The molecule has 1 aliphatic rings. The molecule has 21 heavy (non-hydrogen) atoms. The Kier molecular flexibility index (Phi) is 12.6. The molecular weight excluding hydrogens is 321 g/mol. The quantitative estimate of drug-likeness (QED) is 0.342. The first-order chi connectivity index (χ1) is 10.3. The lowest BCUT2D eigenvalue weighted by Crippen LogP contribution is -2.65. The Morgan fingerprint density at radius 3 is 1.33 bits per heavy atom. The molecule has 0 amide bonds. The maximum absolute atomic E-state index is 10.2. The molecule has 6 radical (unpaired) electrons. The van der Waals surface area contributed by atoms with E-state index in [2.05, 4.69) is 6.92 Å². The van der Waals surface area contributed by atoms with E-state index in [0.29, 0.717) is 0 Å². The topological polar surface area (TPSA) is 20.2 Å². The fourth-order valence-corrected chi connectivity index (χ4v) is 24.5. The molecule has 0 unspecified atom stereocenters. The Morgan fingerprint density at radius 1 is 0.619 bits per heavy atom. The predicted molar refractivity (Wildman–Crippen MR) is 100 cm³/mol. The van der Waals surface area contributed by atoms with Crippen molar-refractivity contribution in [3.8, 4) is 0 Å². The zero-order chi connectivity index (χ0) is 15.2. The van der Waals surface area contributed by atoms with E-state index < -0.39 is 7.35 Å². The summed E-state index contributed by atoms with van der Waals surface area (Å²) >= 11 is 0. The van der Waals surface area contributed by atoms with Crippen LogP contribution in [-0.4, -0.2) is 37.8 Å². The van der Waals surface area contributed by atoms with Gasteiger partial charge in [-0.3, -0.25) is 0 Å². The second-order valence-electron chi connectivity index (χ2n) is 6.58. The average molecular weight is 355 g/mol. The van der Waals surface area contributed by atoms with Crippen molar-refractivity contribution in [3.63, 3.8) is 0 Å². The van der Waals surface area contributed by atoms with E-state index >= 15 is 0 Å². The van der Waals surface area contributed by atoms with E-state index in [9.17, 15) is 4.80 Å². The van der Waals surface area contributed by atoms with Crippen LogP contribution in [0.4, 0.5) is 0 Å². The molecule has 1 fully saturated rings. The van der Waals surface area contributed by atoms with E-state index in [0.717, 1.165) is 25.7 Å². The largest absolute Gasteiger partial charge is 0.439 e. The molecule has 0 aromatic heterocycles. The van der Waals surface area contributed by atoms with Crippen LogP contribution in [0.15, 0.2) is 0 Å². The van der Waals surface area contributed by atoms with Gasteiger partial charge in [0.05, 0.1) is 0 Å². The molecule has 1 rings (SSSR count). The van der Waals surface area contributed by atoms with Gasteiger partial charge in [-0.1, -0.05) is 96.8 Å². The van der Waals surface area contributed by atoms with Crippen molar-refractivity contribution in [2.45, 2.75) is 103 Å². The third-order valence-corrected chi connectivity index (χ3v) is 34.5. The third kappa shape index (κ3) is 11.1. The number of hydrogen-bond donors (Lipinski definition) is 1. The second-order valence-corrected chi connectivity index (χ2v) is 25.0. The minimum atomic E-state index is -1.53. The summed E-state index contributed by atoms with van der Waals surface area (Å²) in [5.41, 5.74) is 0. The molecular formula is C16H34OSi4. The Balaban J connectivity index is 1.67. The molecule has 1 nitrogen and oxygen atoms in total. The van der Waals surface area contributed by atoms with Crippen molar-refractivity contribution in [3.05, 3.63) is 0 Å². The number of unbranched alkanes of at least 4 members (excludes halogenated alkanes) is 13. The molecule has 0 bridgehead atoms. The lowest BCUT2D eigenvalue weighted by Gasteiger charge is -2.32. The summed E-state index contributed by atoms with van der Waals surface area (Å²) in [6, 6.07) is 1.23. The van der Waals surface area contributed by atoms with Gasteiger partial charge in [-0.25, -0.2) is 0 Å². The summed E-state index contributed by atoms with van der Waals surface area (Å²) in [7, 11) is 1.64. The summed E-state index contributed by atoms with van der Waals surface area (Å²) in [5.74, 6) is 0. The van der Waals surface area contributed by atoms with Gasteiger partial charge in [-0.05, 0) is 6.04 Å². The van der Waals surface area contributed by atoms with Gasteiger partial charge in [0.25, 0.3) is 0 Å². The van der Waals surface area contributed by atoms with Crippen LogP contribution in [0.1, 0.15) is 96.8 Å². The Labute approximate surface area is 140 Å². The second kappa shape index (κ2) is 13.3. The maximum Gasteiger partial charge on any atom is 0.146 e. The van der Waals surface area contributed by atoms with Crippen LogP contribution in [0, 0.1) is 0 Å². The van der Waals surface area contributed by atoms with Crippen molar-refractivity contribution >= 4 is 33.0 Å². The van der Waals surface area contributed by atoms with Gasteiger partial charge in [-0.15, -0.1) is 0 Å².